The first-order valence-electron chi connectivity index (χ1n) is 5.78. The molecule has 0 bridgehead atoms. The van der Waals surface area contributed by atoms with E-state index in [1.54, 1.807) is 0 Å². The molecule has 2 N–H and O–H groups in total. The fourth-order valence-electron chi connectivity index (χ4n) is 2.25. The van der Waals surface area contributed by atoms with Crippen molar-refractivity contribution in [3.63, 3.8) is 0 Å². The molecule has 16 heavy (non-hydrogen) atoms. The summed E-state index contributed by atoms with van der Waals surface area (Å²) in [6.07, 6.45) is 3.88. The van der Waals surface area contributed by atoms with E-state index in [1.165, 1.54) is 0 Å². The van der Waals surface area contributed by atoms with Crippen LogP contribution in [0.25, 0.3) is 0 Å². The maximum Gasteiger partial charge on any atom is 0.242 e. The number of nitrogens with zero attached hydrogens (tertiary/aromatic N) is 2. The Bertz CT molecular complexity index is 260. The van der Waals surface area contributed by atoms with Crippen molar-refractivity contribution >= 4 is 18.3 Å². The van der Waals surface area contributed by atoms with Gasteiger partial charge in [0.05, 0.1) is 5.54 Å². The molecule has 1 amide bonds. The summed E-state index contributed by atoms with van der Waals surface area (Å²) in [7, 11) is 4.04. The fraction of sp³-hybridized carbons (Fsp3) is 0.909. The van der Waals surface area contributed by atoms with Crippen LogP contribution >= 0.6 is 12.4 Å². The molecule has 2 fully saturated rings. The highest BCUT2D eigenvalue weighted by Crippen LogP contribution is 2.34. The molecule has 1 heterocycles. The molecular weight excluding hydrogens is 226 g/mol. The molecule has 1 aliphatic carbocycles. The van der Waals surface area contributed by atoms with E-state index in [2.05, 4.69) is 11.9 Å². The van der Waals surface area contributed by atoms with E-state index >= 15 is 0 Å². The van der Waals surface area contributed by atoms with Gasteiger partial charge in [-0.3, -0.25) is 4.79 Å². The lowest BCUT2D eigenvalue weighted by Crippen LogP contribution is -2.51. The van der Waals surface area contributed by atoms with Crippen molar-refractivity contribution in [2.75, 3.05) is 27.2 Å². The molecule has 4 nitrogen and oxygen atoms in total. The second-order valence-electron chi connectivity index (χ2n) is 5.11. The molecule has 5 heteroatoms. The van der Waals surface area contributed by atoms with Gasteiger partial charge in [-0.25, -0.2) is 0 Å². The Morgan fingerprint density at radius 2 is 1.88 bits per heavy atom. The first kappa shape index (κ1) is 13.7. The first-order valence-corrected chi connectivity index (χ1v) is 5.78. The number of likely N-dealkylation sites (tertiary alicyclic amines) is 1. The second kappa shape index (κ2) is 4.90. The van der Waals surface area contributed by atoms with Crippen LogP contribution in [0, 0.1) is 0 Å². The number of rotatable bonds is 2. The van der Waals surface area contributed by atoms with Gasteiger partial charge >= 0.3 is 0 Å². The van der Waals surface area contributed by atoms with E-state index in [0.717, 1.165) is 38.8 Å². The van der Waals surface area contributed by atoms with E-state index in [9.17, 15) is 4.79 Å². The topological polar surface area (TPSA) is 49.6 Å². The molecule has 1 saturated carbocycles. The summed E-state index contributed by atoms with van der Waals surface area (Å²) < 4.78 is 0. The lowest BCUT2D eigenvalue weighted by Gasteiger charge is -2.36. The predicted molar refractivity (Wildman–Crippen MR) is 66.7 cm³/mol. The van der Waals surface area contributed by atoms with Gasteiger partial charge < -0.3 is 15.5 Å². The van der Waals surface area contributed by atoms with Crippen LogP contribution < -0.4 is 5.73 Å². The lowest BCUT2D eigenvalue weighted by atomic mass is 10.0. The molecule has 2 rings (SSSR count). The normalized spacial score (nSPS) is 24.7. The zero-order chi connectivity index (χ0) is 11.1. The Morgan fingerprint density at radius 3 is 2.31 bits per heavy atom. The monoisotopic (exact) mass is 247 g/mol. The van der Waals surface area contributed by atoms with E-state index in [-0.39, 0.29) is 18.3 Å². The molecule has 0 aromatic carbocycles. The molecular formula is C11H22ClN3O. The van der Waals surface area contributed by atoms with Crippen LogP contribution in [0.15, 0.2) is 0 Å². The molecule has 0 aromatic rings. The molecule has 0 radical (unpaired) electrons. The van der Waals surface area contributed by atoms with Gasteiger partial charge in [-0.05, 0) is 45.8 Å². The van der Waals surface area contributed by atoms with Crippen LogP contribution in [0.3, 0.4) is 0 Å². The molecule has 0 unspecified atom stereocenters. The zero-order valence-electron chi connectivity index (χ0n) is 10.1. The number of amides is 1. The summed E-state index contributed by atoms with van der Waals surface area (Å²) >= 11 is 0. The summed E-state index contributed by atoms with van der Waals surface area (Å²) in [5.74, 6) is 0.150. The highest BCUT2D eigenvalue weighted by atomic mass is 35.5. The number of nitrogens with two attached hydrogens (primary N) is 1. The summed E-state index contributed by atoms with van der Waals surface area (Å²) in [4.78, 5) is 16.2. The van der Waals surface area contributed by atoms with E-state index in [0.29, 0.717) is 6.04 Å². The van der Waals surface area contributed by atoms with E-state index in [1.807, 2.05) is 11.9 Å². The standard InChI is InChI=1S/C11H21N3O.ClH/c1-13-7-3-9(4-8-13)14(2)10(15)11(12)5-6-11;/h9H,3-8,12H2,1-2H3;1H. The van der Waals surface area contributed by atoms with Crippen LogP contribution in [0.5, 0.6) is 0 Å². The number of carbonyl (C=O) groups is 1. The number of piperidine rings is 1. The van der Waals surface area contributed by atoms with Gasteiger partial charge in [0.2, 0.25) is 5.91 Å². The van der Waals surface area contributed by atoms with Crippen molar-refractivity contribution in [3.05, 3.63) is 0 Å². The van der Waals surface area contributed by atoms with Gasteiger partial charge in [0.15, 0.2) is 0 Å². The summed E-state index contributed by atoms with van der Waals surface area (Å²) in [6, 6.07) is 0.398. The van der Waals surface area contributed by atoms with E-state index in [4.69, 9.17) is 5.73 Å². The maximum atomic E-state index is 12.0. The Hall–Kier alpha value is -0.320. The number of hydrogen-bond donors (Lipinski definition) is 1. The van der Waals surface area contributed by atoms with Gasteiger partial charge in [-0.1, -0.05) is 0 Å². The number of halogens is 1. The molecule has 94 valence electrons. The molecule has 2 aliphatic rings. The molecule has 1 saturated heterocycles. The van der Waals surface area contributed by atoms with Crippen molar-refractivity contribution < 1.29 is 4.79 Å². The summed E-state index contributed by atoms with van der Waals surface area (Å²) in [5.41, 5.74) is 5.42. The number of hydrogen-bond acceptors (Lipinski definition) is 3. The van der Waals surface area contributed by atoms with Crippen LogP contribution in [-0.2, 0) is 4.79 Å². The van der Waals surface area contributed by atoms with Crippen LogP contribution in [0.1, 0.15) is 25.7 Å². The van der Waals surface area contributed by atoms with Crippen LogP contribution in [0.4, 0.5) is 0 Å². The number of likely N-dealkylation sites (N-methyl/N-ethyl adjacent to an activating group) is 1. The SMILES string of the molecule is CN1CCC(N(C)C(=O)C2(N)CC2)CC1.Cl. The van der Waals surface area contributed by atoms with Crippen molar-refractivity contribution in [3.8, 4) is 0 Å². The highest BCUT2D eigenvalue weighted by Gasteiger charge is 2.48. The maximum absolute atomic E-state index is 12.0. The average Bonchev–Trinajstić information content (AvgIpc) is 2.97. The highest BCUT2D eigenvalue weighted by molar-refractivity contribution is 5.89. The number of carbonyl (C=O) groups excluding carboxylic acids is 1. The van der Waals surface area contributed by atoms with Crippen molar-refractivity contribution in [2.24, 2.45) is 5.73 Å². The van der Waals surface area contributed by atoms with Crippen LogP contribution in [0.2, 0.25) is 0 Å². The fourth-order valence-corrected chi connectivity index (χ4v) is 2.25. The molecule has 0 aromatic heterocycles. The third-order valence-corrected chi connectivity index (χ3v) is 3.77. The minimum absolute atomic E-state index is 0. The van der Waals surface area contributed by atoms with Gasteiger partial charge in [0.25, 0.3) is 0 Å². The van der Waals surface area contributed by atoms with Gasteiger partial charge in [0, 0.05) is 13.1 Å². The van der Waals surface area contributed by atoms with Gasteiger partial charge in [0.1, 0.15) is 0 Å². The average molecular weight is 248 g/mol. The van der Waals surface area contributed by atoms with E-state index < -0.39 is 5.54 Å². The van der Waals surface area contributed by atoms with Crippen molar-refractivity contribution in [1.82, 2.24) is 9.80 Å². The van der Waals surface area contributed by atoms with Gasteiger partial charge in [-0.15, -0.1) is 12.4 Å². The second-order valence-corrected chi connectivity index (χ2v) is 5.11. The molecule has 1 aliphatic heterocycles. The minimum atomic E-state index is -0.502. The molecule has 0 spiro atoms. The summed E-state index contributed by atoms with van der Waals surface area (Å²) in [6.45, 7) is 2.17. The lowest BCUT2D eigenvalue weighted by molar-refractivity contribution is -0.135. The Balaban J connectivity index is 0.00000128. The Kier molecular flexibility index (Phi) is 4.21. The van der Waals surface area contributed by atoms with Gasteiger partial charge in [-0.2, -0.15) is 0 Å². The zero-order valence-corrected chi connectivity index (χ0v) is 10.9. The Morgan fingerprint density at radius 1 is 1.38 bits per heavy atom. The predicted octanol–water partition coefficient (Wildman–Crippen LogP) is 0.452. The minimum Gasteiger partial charge on any atom is -0.341 e. The summed E-state index contributed by atoms with van der Waals surface area (Å²) in [5, 5.41) is 0. The smallest absolute Gasteiger partial charge is 0.242 e. The van der Waals surface area contributed by atoms with Crippen molar-refractivity contribution in [2.45, 2.75) is 37.3 Å². The van der Waals surface area contributed by atoms with Crippen molar-refractivity contribution in [1.29, 1.82) is 0 Å². The first-order chi connectivity index (χ1) is 7.03. The third-order valence-electron chi connectivity index (χ3n) is 3.77. The molecule has 0 atom stereocenters. The largest absolute Gasteiger partial charge is 0.341 e. The third kappa shape index (κ3) is 2.67. The quantitative estimate of drug-likeness (QED) is 0.771. The van der Waals surface area contributed by atoms with Crippen LogP contribution in [-0.4, -0.2) is 54.5 Å². The Labute approximate surface area is 104 Å².